The molecule has 164 valence electrons. The fourth-order valence-electron chi connectivity index (χ4n) is 3.63. The van der Waals surface area contributed by atoms with Gasteiger partial charge in [-0.2, -0.15) is 0 Å². The van der Waals surface area contributed by atoms with Crippen molar-refractivity contribution < 1.29 is 13.8 Å². The topological polar surface area (TPSA) is 95.2 Å². The Morgan fingerprint density at radius 1 is 0.676 bits per heavy atom. The molecule has 0 fully saturated rings. The van der Waals surface area contributed by atoms with E-state index in [9.17, 15) is 10.1 Å². The van der Waals surface area contributed by atoms with Crippen molar-refractivity contribution in [3.05, 3.63) is 101 Å². The van der Waals surface area contributed by atoms with E-state index >= 15 is 0 Å². The van der Waals surface area contributed by atoms with Crippen LogP contribution in [0.3, 0.4) is 0 Å². The van der Waals surface area contributed by atoms with Gasteiger partial charge in [-0.1, -0.05) is 0 Å². The first-order valence-electron chi connectivity index (χ1n) is 10.4. The average Bonchev–Trinajstić information content (AvgIpc) is 3.48. The minimum absolute atomic E-state index is 0.0302. The van der Waals surface area contributed by atoms with Crippen molar-refractivity contribution in [3.63, 3.8) is 0 Å². The van der Waals surface area contributed by atoms with Crippen LogP contribution in [-0.4, -0.2) is 29.8 Å². The normalized spacial score (nSPS) is 11.3. The minimum atomic E-state index is -0.428. The summed E-state index contributed by atoms with van der Waals surface area (Å²) in [5.41, 5.74) is 4.69. The number of non-ortho nitro benzene ring substituents is 1. The molecule has 0 atom stereocenters. The van der Waals surface area contributed by atoms with Crippen molar-refractivity contribution in [1.82, 2.24) is 9.97 Å². The molecule has 0 amide bonds. The van der Waals surface area contributed by atoms with E-state index in [-0.39, 0.29) is 20.6 Å². The van der Waals surface area contributed by atoms with E-state index in [0.717, 1.165) is 31.1 Å². The summed E-state index contributed by atoms with van der Waals surface area (Å²) in [7, 11) is 0. The number of rotatable bonds is 5. The van der Waals surface area contributed by atoms with Crippen LogP contribution in [0.1, 0.15) is 0 Å². The van der Waals surface area contributed by atoms with Gasteiger partial charge in [-0.15, -0.1) is 0 Å². The van der Waals surface area contributed by atoms with Gasteiger partial charge in [0.05, 0.1) is 0 Å². The van der Waals surface area contributed by atoms with Gasteiger partial charge in [0.25, 0.3) is 0 Å². The van der Waals surface area contributed by atoms with Crippen molar-refractivity contribution in [2.24, 2.45) is 0 Å². The summed E-state index contributed by atoms with van der Waals surface area (Å²) in [6, 6.07) is 28.1. The Morgan fingerprint density at radius 3 is 1.74 bits per heavy atom. The van der Waals surface area contributed by atoms with Crippen LogP contribution in [0.15, 0.2) is 99.8 Å². The van der Waals surface area contributed by atoms with Crippen LogP contribution in [0.4, 0.5) is 5.69 Å². The number of nitrogens with zero attached hydrogens (tertiary/aromatic N) is 3. The van der Waals surface area contributed by atoms with Crippen molar-refractivity contribution in [2.75, 3.05) is 0 Å². The Bertz CT molecular complexity index is 1660. The van der Waals surface area contributed by atoms with Crippen LogP contribution in [0.5, 0.6) is 0 Å². The second kappa shape index (κ2) is 8.26. The van der Waals surface area contributed by atoms with E-state index in [1.165, 1.54) is 12.1 Å². The Kier molecular flexibility index (Phi) is 4.95. The first-order valence-corrected chi connectivity index (χ1v) is 12.1. The van der Waals surface area contributed by atoms with Gasteiger partial charge in [0.2, 0.25) is 0 Å². The summed E-state index contributed by atoms with van der Waals surface area (Å²) in [5.74, 6) is 1.05. The zero-order chi connectivity index (χ0) is 23.1. The molecule has 34 heavy (non-hydrogen) atoms. The third kappa shape index (κ3) is 3.85. The second-order valence-electron chi connectivity index (χ2n) is 7.57. The predicted octanol–water partition coefficient (Wildman–Crippen LogP) is 4.87. The van der Waals surface area contributed by atoms with Crippen LogP contribution in [0.2, 0.25) is 0 Å². The summed E-state index contributed by atoms with van der Waals surface area (Å²) in [6.07, 6.45) is 0. The standard InChI is InChI=1S/C26H15N3O4Se/c30-29(31)18-8-6-17(7-9-18)26-28-22-13-11-20(15-24(22)33-26)34-19-10-12-21-23(14-19)32-25(27-21)16-4-2-1-3-5-16/h1-15H. The fraction of sp³-hybridized carbons (Fsp3) is 0. The van der Waals surface area contributed by atoms with Gasteiger partial charge in [0, 0.05) is 0 Å². The Labute approximate surface area is 199 Å². The summed E-state index contributed by atoms with van der Waals surface area (Å²) >= 11 is 0.0302. The van der Waals surface area contributed by atoms with Crippen LogP contribution in [0, 0.1) is 10.1 Å². The van der Waals surface area contributed by atoms with E-state index < -0.39 is 4.92 Å². The maximum absolute atomic E-state index is 10.9. The van der Waals surface area contributed by atoms with Crippen molar-refractivity contribution in [3.8, 4) is 22.9 Å². The number of fused-ring (bicyclic) bond motifs is 2. The quantitative estimate of drug-likeness (QED) is 0.186. The van der Waals surface area contributed by atoms with E-state index in [4.69, 9.17) is 8.83 Å². The van der Waals surface area contributed by atoms with Crippen LogP contribution >= 0.6 is 0 Å². The molecule has 0 saturated carbocycles. The molecule has 6 aromatic rings. The molecule has 0 aliphatic carbocycles. The summed E-state index contributed by atoms with van der Waals surface area (Å²) in [4.78, 5) is 19.6. The fourth-order valence-corrected chi connectivity index (χ4v) is 5.46. The van der Waals surface area contributed by atoms with Gasteiger partial charge in [-0.05, 0) is 0 Å². The maximum atomic E-state index is 10.9. The van der Waals surface area contributed by atoms with E-state index in [0.29, 0.717) is 22.9 Å². The van der Waals surface area contributed by atoms with Crippen molar-refractivity contribution in [1.29, 1.82) is 0 Å². The third-order valence-corrected chi connectivity index (χ3v) is 7.36. The number of benzene rings is 4. The molecule has 0 aliphatic rings. The molecular formula is C26H15N3O4Se. The number of nitro benzene ring substituents is 1. The Morgan fingerprint density at radius 2 is 1.21 bits per heavy atom. The molecule has 0 unspecified atom stereocenters. The summed E-state index contributed by atoms with van der Waals surface area (Å²) in [5, 5.41) is 10.9. The zero-order valence-electron chi connectivity index (χ0n) is 17.5. The molecule has 7 nitrogen and oxygen atoms in total. The molecule has 0 aliphatic heterocycles. The predicted molar refractivity (Wildman–Crippen MR) is 131 cm³/mol. The Hall–Kier alpha value is -4.26. The summed E-state index contributed by atoms with van der Waals surface area (Å²) < 4.78 is 14.3. The molecule has 6 rings (SSSR count). The molecular weight excluding hydrogens is 497 g/mol. The molecule has 0 bridgehead atoms. The molecule has 8 heteroatoms. The van der Waals surface area contributed by atoms with Gasteiger partial charge >= 0.3 is 200 Å². The first-order chi connectivity index (χ1) is 16.6. The van der Waals surface area contributed by atoms with Crippen molar-refractivity contribution in [2.45, 2.75) is 0 Å². The number of hydrogen-bond donors (Lipinski definition) is 0. The Balaban J connectivity index is 1.27. The number of nitro groups is 1. The molecule has 2 aromatic heterocycles. The van der Waals surface area contributed by atoms with E-state index in [2.05, 4.69) is 16.0 Å². The SMILES string of the molecule is O=[N+]([O-])c1ccc(-c2nc3ccc([Se]c4ccc5nc(-c6ccccc6)oc5c4)cc3o2)cc1. The van der Waals surface area contributed by atoms with Crippen LogP contribution < -0.4 is 8.92 Å². The van der Waals surface area contributed by atoms with Crippen LogP contribution in [0.25, 0.3) is 45.1 Å². The molecule has 0 spiro atoms. The zero-order valence-corrected chi connectivity index (χ0v) is 19.3. The van der Waals surface area contributed by atoms with Gasteiger partial charge in [0.1, 0.15) is 0 Å². The molecule has 2 heterocycles. The number of oxazole rings is 2. The van der Waals surface area contributed by atoms with Crippen molar-refractivity contribution >= 4 is 51.8 Å². The van der Waals surface area contributed by atoms with E-state index in [1.807, 2.05) is 60.7 Å². The number of hydrogen-bond acceptors (Lipinski definition) is 6. The first kappa shape index (κ1) is 20.4. The van der Waals surface area contributed by atoms with Gasteiger partial charge in [-0.25, -0.2) is 0 Å². The number of aromatic nitrogens is 2. The van der Waals surface area contributed by atoms with E-state index in [1.54, 1.807) is 12.1 Å². The second-order valence-corrected chi connectivity index (χ2v) is 9.98. The molecule has 0 radical (unpaired) electrons. The molecule has 0 saturated heterocycles. The summed E-state index contributed by atoms with van der Waals surface area (Å²) in [6.45, 7) is 0. The molecule has 4 aromatic carbocycles. The third-order valence-electron chi connectivity index (χ3n) is 5.30. The molecule has 0 N–H and O–H groups in total. The average molecular weight is 512 g/mol. The van der Waals surface area contributed by atoms with Gasteiger partial charge in [-0.3, -0.25) is 0 Å². The van der Waals surface area contributed by atoms with Crippen LogP contribution in [-0.2, 0) is 0 Å². The monoisotopic (exact) mass is 513 g/mol. The van der Waals surface area contributed by atoms with Gasteiger partial charge in [0.15, 0.2) is 0 Å². The van der Waals surface area contributed by atoms with Gasteiger partial charge < -0.3 is 0 Å².